The number of hydrogen-bond donors (Lipinski definition) is 0. The normalized spacial score (nSPS) is 16.8. The lowest BCUT2D eigenvalue weighted by Crippen LogP contribution is -2.42. The molecule has 1 saturated heterocycles. The van der Waals surface area contributed by atoms with E-state index in [1.807, 2.05) is 4.90 Å². The fraction of sp³-hybridized carbons (Fsp3) is 0.600. The average molecular weight is 265 g/mol. The minimum Gasteiger partial charge on any atom is -0.462 e. The van der Waals surface area contributed by atoms with Gasteiger partial charge in [0.2, 0.25) is 5.91 Å². The highest BCUT2D eigenvalue weighted by Gasteiger charge is 2.34. The Morgan fingerprint density at radius 1 is 1.26 bits per heavy atom. The Hall–Kier alpha value is -1.58. The Bertz CT molecular complexity index is 366. The van der Waals surface area contributed by atoms with Gasteiger partial charge in [-0.2, -0.15) is 0 Å². The molecule has 106 valence electrons. The van der Waals surface area contributed by atoms with Gasteiger partial charge in [-0.05, 0) is 24.8 Å². The van der Waals surface area contributed by atoms with E-state index < -0.39 is 0 Å². The summed E-state index contributed by atoms with van der Waals surface area (Å²) in [4.78, 5) is 24.4. The molecule has 0 spiro atoms. The fourth-order valence-corrected chi connectivity index (χ4v) is 2.44. The number of nitrogens with zero attached hydrogens (tertiary/aromatic N) is 1. The van der Waals surface area contributed by atoms with Gasteiger partial charge in [-0.3, -0.25) is 4.79 Å². The third-order valence-electron chi connectivity index (χ3n) is 3.84. The molecule has 1 amide bonds. The number of rotatable bonds is 5. The highest BCUT2D eigenvalue weighted by molar-refractivity contribution is 5.87. The zero-order chi connectivity index (χ0) is 14.5. The van der Waals surface area contributed by atoms with Gasteiger partial charge in [0.1, 0.15) is 0 Å². The van der Waals surface area contributed by atoms with E-state index in [4.69, 9.17) is 4.74 Å². The first-order valence-electron chi connectivity index (χ1n) is 6.61. The largest absolute Gasteiger partial charge is 0.462 e. The number of carbonyl (C=O) groups is 2. The lowest BCUT2D eigenvalue weighted by molar-refractivity contribution is -0.142. The number of amides is 1. The molecule has 1 heterocycles. The summed E-state index contributed by atoms with van der Waals surface area (Å²) in [5, 5.41) is 0. The van der Waals surface area contributed by atoms with Crippen molar-refractivity contribution in [2.75, 3.05) is 19.7 Å². The van der Waals surface area contributed by atoms with E-state index in [2.05, 4.69) is 27.0 Å². The van der Waals surface area contributed by atoms with Crippen LogP contribution in [-0.2, 0) is 14.3 Å². The van der Waals surface area contributed by atoms with Crippen LogP contribution in [0, 0.1) is 11.3 Å². The highest BCUT2D eigenvalue weighted by atomic mass is 16.5. The van der Waals surface area contributed by atoms with E-state index >= 15 is 0 Å². The summed E-state index contributed by atoms with van der Waals surface area (Å²) in [6, 6.07) is 0. The summed E-state index contributed by atoms with van der Waals surface area (Å²) in [5.74, 6) is 0.0562. The van der Waals surface area contributed by atoms with Gasteiger partial charge in [0, 0.05) is 24.6 Å². The molecular weight excluding hydrogens is 242 g/mol. The van der Waals surface area contributed by atoms with E-state index in [1.165, 1.54) is 12.2 Å². The molecule has 0 saturated carbocycles. The molecule has 1 rings (SSSR count). The highest BCUT2D eigenvalue weighted by Crippen LogP contribution is 2.35. The molecule has 4 nitrogen and oxygen atoms in total. The second kappa shape index (κ2) is 6.55. The SMILES string of the molecule is C=CC(=O)OCC(C)(C)C1CCN(C(=O)C=C)CC1. The third kappa shape index (κ3) is 4.23. The van der Waals surface area contributed by atoms with Crippen LogP contribution in [0.15, 0.2) is 25.3 Å². The van der Waals surface area contributed by atoms with Crippen molar-refractivity contribution in [3.63, 3.8) is 0 Å². The summed E-state index contributed by atoms with van der Waals surface area (Å²) < 4.78 is 5.15. The molecule has 0 radical (unpaired) electrons. The quantitative estimate of drug-likeness (QED) is 0.565. The van der Waals surface area contributed by atoms with Crippen molar-refractivity contribution in [2.45, 2.75) is 26.7 Å². The van der Waals surface area contributed by atoms with E-state index in [9.17, 15) is 9.59 Å². The van der Waals surface area contributed by atoms with Crippen LogP contribution in [0.5, 0.6) is 0 Å². The zero-order valence-corrected chi connectivity index (χ0v) is 11.9. The molecule has 1 aliphatic heterocycles. The number of carbonyl (C=O) groups excluding carboxylic acids is 2. The maximum absolute atomic E-state index is 11.5. The number of esters is 1. The van der Waals surface area contributed by atoms with Crippen molar-refractivity contribution in [3.05, 3.63) is 25.3 Å². The fourth-order valence-electron chi connectivity index (χ4n) is 2.44. The Labute approximate surface area is 115 Å². The van der Waals surface area contributed by atoms with E-state index in [0.717, 1.165) is 25.9 Å². The molecule has 1 fully saturated rings. The second-order valence-electron chi connectivity index (χ2n) is 5.60. The Balaban J connectivity index is 2.48. The Morgan fingerprint density at radius 2 is 1.84 bits per heavy atom. The van der Waals surface area contributed by atoms with Gasteiger partial charge >= 0.3 is 5.97 Å². The zero-order valence-electron chi connectivity index (χ0n) is 11.9. The van der Waals surface area contributed by atoms with Crippen LogP contribution in [0.2, 0.25) is 0 Å². The Morgan fingerprint density at radius 3 is 2.32 bits per heavy atom. The lowest BCUT2D eigenvalue weighted by Gasteiger charge is -2.40. The molecule has 0 aliphatic carbocycles. The van der Waals surface area contributed by atoms with Gasteiger partial charge in [0.05, 0.1) is 6.61 Å². The first-order valence-corrected chi connectivity index (χ1v) is 6.61. The van der Waals surface area contributed by atoms with Crippen LogP contribution >= 0.6 is 0 Å². The molecule has 0 unspecified atom stereocenters. The summed E-state index contributed by atoms with van der Waals surface area (Å²) in [6.45, 7) is 13.0. The first kappa shape index (κ1) is 15.5. The van der Waals surface area contributed by atoms with Gasteiger partial charge in [0.15, 0.2) is 0 Å². The average Bonchev–Trinajstić information content (AvgIpc) is 2.44. The van der Waals surface area contributed by atoms with Crippen LogP contribution in [0.1, 0.15) is 26.7 Å². The second-order valence-corrected chi connectivity index (χ2v) is 5.60. The summed E-state index contributed by atoms with van der Waals surface area (Å²) in [7, 11) is 0. The van der Waals surface area contributed by atoms with Crippen LogP contribution in [0.25, 0.3) is 0 Å². The van der Waals surface area contributed by atoms with Gasteiger partial charge in [0.25, 0.3) is 0 Å². The van der Waals surface area contributed by atoms with Gasteiger partial charge in [-0.25, -0.2) is 4.79 Å². The number of hydrogen-bond acceptors (Lipinski definition) is 3. The molecule has 4 heteroatoms. The number of likely N-dealkylation sites (tertiary alicyclic amines) is 1. The predicted molar refractivity (Wildman–Crippen MR) is 74.4 cm³/mol. The first-order chi connectivity index (χ1) is 8.90. The number of ether oxygens (including phenoxy) is 1. The number of piperidine rings is 1. The topological polar surface area (TPSA) is 46.6 Å². The molecule has 1 aliphatic rings. The minimum absolute atomic E-state index is 0.00524. The van der Waals surface area contributed by atoms with Crippen LogP contribution in [0.3, 0.4) is 0 Å². The van der Waals surface area contributed by atoms with Crippen molar-refractivity contribution >= 4 is 11.9 Å². The van der Waals surface area contributed by atoms with E-state index in [-0.39, 0.29) is 17.3 Å². The molecule has 0 aromatic heterocycles. The minimum atomic E-state index is -0.382. The smallest absolute Gasteiger partial charge is 0.330 e. The van der Waals surface area contributed by atoms with Gasteiger partial charge < -0.3 is 9.64 Å². The van der Waals surface area contributed by atoms with Crippen molar-refractivity contribution in [1.29, 1.82) is 0 Å². The molecule has 19 heavy (non-hydrogen) atoms. The molecule has 0 N–H and O–H groups in total. The van der Waals surface area contributed by atoms with Crippen molar-refractivity contribution < 1.29 is 14.3 Å². The van der Waals surface area contributed by atoms with Gasteiger partial charge in [-0.1, -0.05) is 27.0 Å². The van der Waals surface area contributed by atoms with E-state index in [1.54, 1.807) is 0 Å². The lowest BCUT2D eigenvalue weighted by atomic mass is 9.74. The molecule has 0 aromatic carbocycles. The summed E-state index contributed by atoms with van der Waals surface area (Å²) in [6.07, 6.45) is 4.40. The third-order valence-corrected chi connectivity index (χ3v) is 3.84. The van der Waals surface area contributed by atoms with Crippen molar-refractivity contribution in [1.82, 2.24) is 4.90 Å². The van der Waals surface area contributed by atoms with Crippen molar-refractivity contribution in [2.24, 2.45) is 11.3 Å². The van der Waals surface area contributed by atoms with Crippen LogP contribution < -0.4 is 0 Å². The van der Waals surface area contributed by atoms with Crippen molar-refractivity contribution in [3.8, 4) is 0 Å². The van der Waals surface area contributed by atoms with E-state index in [0.29, 0.717) is 12.5 Å². The molecular formula is C15H23NO3. The predicted octanol–water partition coefficient (Wildman–Crippen LogP) is 2.17. The summed E-state index contributed by atoms with van der Waals surface area (Å²) >= 11 is 0. The monoisotopic (exact) mass is 265 g/mol. The van der Waals surface area contributed by atoms with Crippen LogP contribution in [-0.4, -0.2) is 36.5 Å². The standard InChI is InChI=1S/C15H23NO3/c1-5-13(17)16-9-7-12(8-10-16)15(3,4)11-19-14(18)6-2/h5-6,12H,1-2,7-11H2,3-4H3. The maximum atomic E-state index is 11.5. The van der Waals surface area contributed by atoms with Gasteiger partial charge in [-0.15, -0.1) is 0 Å². The van der Waals surface area contributed by atoms with Crippen LogP contribution in [0.4, 0.5) is 0 Å². The molecule has 0 bridgehead atoms. The molecule has 0 atom stereocenters. The molecule has 0 aromatic rings. The Kier molecular flexibility index (Phi) is 5.33. The maximum Gasteiger partial charge on any atom is 0.330 e. The summed E-state index contributed by atoms with van der Waals surface area (Å²) in [5.41, 5.74) is -0.0814.